The molecule has 0 bridgehead atoms. The van der Waals surface area contributed by atoms with Crippen molar-refractivity contribution in [3.8, 4) is 11.4 Å². The van der Waals surface area contributed by atoms with E-state index in [1.807, 2.05) is 50.1 Å². The molecule has 2 aromatic rings. The summed E-state index contributed by atoms with van der Waals surface area (Å²) in [6.07, 6.45) is 2.53. The minimum Gasteiger partial charge on any atom is -0.332 e. The van der Waals surface area contributed by atoms with Crippen LogP contribution in [0.3, 0.4) is 0 Å². The smallest absolute Gasteiger partial charge is 0.322 e. The third-order valence-corrected chi connectivity index (χ3v) is 4.62. The summed E-state index contributed by atoms with van der Waals surface area (Å²) in [6.45, 7) is 7.78. The number of aromatic nitrogens is 2. The molecule has 0 amide bonds. The molecule has 1 aliphatic carbocycles. The zero-order chi connectivity index (χ0) is 18.4. The summed E-state index contributed by atoms with van der Waals surface area (Å²) in [5, 5.41) is 3.63. The maximum atomic E-state index is 13.1. The van der Waals surface area contributed by atoms with Crippen molar-refractivity contribution in [3.05, 3.63) is 35.7 Å². The lowest BCUT2D eigenvalue weighted by Gasteiger charge is -2.19. The van der Waals surface area contributed by atoms with E-state index in [0.29, 0.717) is 11.6 Å². The van der Waals surface area contributed by atoms with Gasteiger partial charge in [0.1, 0.15) is 0 Å². The van der Waals surface area contributed by atoms with Crippen LogP contribution in [0, 0.1) is 0 Å². The first-order chi connectivity index (χ1) is 12.0. The SMILES string of the molecule is CC.CCSN(Cc1ccc(-c2noc(C(C)(F)F)n2)cc1)C1CC1. The number of rotatable bonds is 7. The Kier molecular flexibility index (Phi) is 6.95. The molecular formula is C18H25F2N3OS. The Morgan fingerprint density at radius 3 is 2.36 bits per heavy atom. The van der Waals surface area contributed by atoms with Gasteiger partial charge in [0.15, 0.2) is 0 Å². The van der Waals surface area contributed by atoms with Crippen LogP contribution in [0.5, 0.6) is 0 Å². The molecule has 0 atom stereocenters. The van der Waals surface area contributed by atoms with Gasteiger partial charge in [-0.2, -0.15) is 13.8 Å². The summed E-state index contributed by atoms with van der Waals surface area (Å²) in [5.74, 6) is -2.52. The van der Waals surface area contributed by atoms with Crippen LogP contribution in [0.1, 0.15) is 52.0 Å². The Morgan fingerprint density at radius 1 is 1.24 bits per heavy atom. The molecule has 0 aliphatic heterocycles. The molecule has 1 aromatic carbocycles. The van der Waals surface area contributed by atoms with Crippen molar-refractivity contribution < 1.29 is 13.3 Å². The molecule has 0 radical (unpaired) electrons. The van der Waals surface area contributed by atoms with E-state index < -0.39 is 11.8 Å². The van der Waals surface area contributed by atoms with E-state index in [-0.39, 0.29) is 5.82 Å². The van der Waals surface area contributed by atoms with Crippen LogP contribution in [0.25, 0.3) is 11.4 Å². The Labute approximate surface area is 152 Å². The number of nitrogens with zero attached hydrogens (tertiary/aromatic N) is 3. The lowest BCUT2D eigenvalue weighted by Crippen LogP contribution is -2.17. The van der Waals surface area contributed by atoms with Crippen molar-refractivity contribution in [1.82, 2.24) is 14.4 Å². The predicted octanol–water partition coefficient (Wildman–Crippen LogP) is 5.51. The molecule has 1 aromatic heterocycles. The van der Waals surface area contributed by atoms with Gasteiger partial charge in [0.05, 0.1) is 0 Å². The molecule has 25 heavy (non-hydrogen) atoms. The minimum absolute atomic E-state index is 0.190. The van der Waals surface area contributed by atoms with Crippen molar-refractivity contribution >= 4 is 11.9 Å². The summed E-state index contributed by atoms with van der Waals surface area (Å²) in [7, 11) is 0. The van der Waals surface area contributed by atoms with E-state index in [9.17, 15) is 8.78 Å². The molecule has 1 fully saturated rings. The van der Waals surface area contributed by atoms with Crippen LogP contribution in [-0.2, 0) is 12.5 Å². The first-order valence-electron chi connectivity index (χ1n) is 8.68. The lowest BCUT2D eigenvalue weighted by molar-refractivity contribution is -0.0158. The first kappa shape index (κ1) is 19.8. The Morgan fingerprint density at radius 2 is 1.88 bits per heavy atom. The van der Waals surface area contributed by atoms with Gasteiger partial charge in [0, 0.05) is 30.8 Å². The van der Waals surface area contributed by atoms with Crippen molar-refractivity contribution in [3.63, 3.8) is 0 Å². The maximum absolute atomic E-state index is 13.1. The molecule has 4 nitrogen and oxygen atoms in total. The van der Waals surface area contributed by atoms with E-state index in [2.05, 4.69) is 25.9 Å². The van der Waals surface area contributed by atoms with Gasteiger partial charge in [-0.25, -0.2) is 4.31 Å². The number of alkyl halides is 2. The van der Waals surface area contributed by atoms with Gasteiger partial charge in [-0.3, -0.25) is 0 Å². The van der Waals surface area contributed by atoms with E-state index in [1.54, 1.807) is 0 Å². The highest BCUT2D eigenvalue weighted by Gasteiger charge is 2.32. The molecule has 0 N–H and O–H groups in total. The number of hydrogen-bond donors (Lipinski definition) is 0. The van der Waals surface area contributed by atoms with Gasteiger partial charge in [-0.05, 0) is 18.4 Å². The topological polar surface area (TPSA) is 42.2 Å². The highest BCUT2D eigenvalue weighted by Crippen LogP contribution is 2.34. The summed E-state index contributed by atoms with van der Waals surface area (Å²) in [4.78, 5) is 3.77. The number of benzene rings is 1. The molecular weight excluding hydrogens is 344 g/mol. The highest BCUT2D eigenvalue weighted by atomic mass is 32.2. The predicted molar refractivity (Wildman–Crippen MR) is 97.3 cm³/mol. The van der Waals surface area contributed by atoms with Crippen LogP contribution in [0.2, 0.25) is 0 Å². The largest absolute Gasteiger partial charge is 0.332 e. The van der Waals surface area contributed by atoms with Crippen LogP contribution in [-0.4, -0.2) is 26.2 Å². The number of halogens is 2. The Balaban J connectivity index is 0.00000109. The Hall–Kier alpha value is -1.47. The summed E-state index contributed by atoms with van der Waals surface area (Å²) in [6, 6.07) is 8.35. The summed E-state index contributed by atoms with van der Waals surface area (Å²) < 4.78 is 33.3. The molecule has 0 spiro atoms. The molecule has 1 saturated carbocycles. The molecule has 0 saturated heterocycles. The molecule has 1 heterocycles. The van der Waals surface area contributed by atoms with Gasteiger partial charge in [-0.15, -0.1) is 0 Å². The zero-order valence-electron chi connectivity index (χ0n) is 15.1. The fraction of sp³-hybridized carbons (Fsp3) is 0.556. The molecule has 1 aliphatic rings. The minimum atomic E-state index is -3.12. The van der Waals surface area contributed by atoms with Gasteiger partial charge < -0.3 is 4.52 Å². The summed E-state index contributed by atoms with van der Waals surface area (Å²) >= 11 is 1.86. The third-order valence-electron chi connectivity index (χ3n) is 3.60. The van der Waals surface area contributed by atoms with Crippen LogP contribution >= 0.6 is 11.9 Å². The molecule has 0 unspecified atom stereocenters. The number of hydrogen-bond acceptors (Lipinski definition) is 5. The van der Waals surface area contributed by atoms with Gasteiger partial charge in [0.25, 0.3) is 5.89 Å². The lowest BCUT2D eigenvalue weighted by atomic mass is 10.1. The van der Waals surface area contributed by atoms with Gasteiger partial charge >= 0.3 is 5.92 Å². The first-order valence-corrected chi connectivity index (χ1v) is 9.62. The standard InChI is InChI=1S/C16H19F2N3OS.C2H6/c1-3-23-21(13-8-9-13)10-11-4-6-12(7-5-11)14-19-15(22-20-14)16(2,17)18;1-2/h4-7,13H,3,8-10H2,1-2H3;1-2H3. The quantitative estimate of drug-likeness (QED) is 0.602. The van der Waals surface area contributed by atoms with Gasteiger partial charge in [-0.1, -0.05) is 62.1 Å². The van der Waals surface area contributed by atoms with Crippen LogP contribution in [0.15, 0.2) is 28.8 Å². The monoisotopic (exact) mass is 369 g/mol. The zero-order valence-corrected chi connectivity index (χ0v) is 15.9. The molecule has 138 valence electrons. The Bertz CT molecular complexity index is 651. The average Bonchev–Trinajstić information content (AvgIpc) is 3.32. The average molecular weight is 369 g/mol. The van der Waals surface area contributed by atoms with Crippen molar-refractivity contribution in [2.45, 2.75) is 59.0 Å². The molecule has 7 heteroatoms. The van der Waals surface area contributed by atoms with Crippen molar-refractivity contribution in [2.75, 3.05) is 5.75 Å². The van der Waals surface area contributed by atoms with E-state index in [0.717, 1.165) is 19.2 Å². The highest BCUT2D eigenvalue weighted by molar-refractivity contribution is 7.96. The fourth-order valence-corrected chi connectivity index (χ4v) is 3.26. The van der Waals surface area contributed by atoms with Crippen LogP contribution in [0.4, 0.5) is 8.78 Å². The second-order valence-electron chi connectivity index (χ2n) is 5.73. The third kappa shape index (κ3) is 5.51. The van der Waals surface area contributed by atoms with Crippen LogP contribution < -0.4 is 0 Å². The molecule has 3 rings (SSSR count). The second-order valence-corrected chi connectivity index (χ2v) is 7.04. The maximum Gasteiger partial charge on any atom is 0.322 e. The normalized spacial score (nSPS) is 14.4. The van der Waals surface area contributed by atoms with Crippen molar-refractivity contribution in [2.24, 2.45) is 0 Å². The van der Waals surface area contributed by atoms with Gasteiger partial charge in [0.2, 0.25) is 5.82 Å². The van der Waals surface area contributed by atoms with E-state index >= 15 is 0 Å². The second kappa shape index (κ2) is 8.76. The fourth-order valence-electron chi connectivity index (χ4n) is 2.27. The van der Waals surface area contributed by atoms with Crippen molar-refractivity contribution in [1.29, 1.82) is 0 Å². The van der Waals surface area contributed by atoms with E-state index in [4.69, 9.17) is 0 Å². The summed E-state index contributed by atoms with van der Waals surface area (Å²) in [5.41, 5.74) is 1.86. The van der Waals surface area contributed by atoms with E-state index in [1.165, 1.54) is 18.4 Å².